The van der Waals surface area contributed by atoms with Crippen molar-refractivity contribution in [1.29, 1.82) is 0 Å². The maximum atomic E-state index is 9.56. The van der Waals surface area contributed by atoms with Crippen LogP contribution in [0.15, 0.2) is 0 Å². The lowest BCUT2D eigenvalue weighted by molar-refractivity contribution is 0.0775. The van der Waals surface area contributed by atoms with Crippen LogP contribution in [-0.2, 0) is 0 Å². The van der Waals surface area contributed by atoms with E-state index in [0.29, 0.717) is 6.04 Å². The Morgan fingerprint density at radius 3 is 2.50 bits per heavy atom. The van der Waals surface area contributed by atoms with Crippen molar-refractivity contribution in [3.05, 3.63) is 0 Å². The molecule has 0 amide bonds. The summed E-state index contributed by atoms with van der Waals surface area (Å²) in [5.74, 6) is 1.72. The maximum absolute atomic E-state index is 9.56. The summed E-state index contributed by atoms with van der Waals surface area (Å²) in [6, 6.07) is 1.30. The Balaban J connectivity index is 1.75. The molecule has 82 valence electrons. The van der Waals surface area contributed by atoms with Gasteiger partial charge in [-0.05, 0) is 43.9 Å². The fourth-order valence-corrected chi connectivity index (χ4v) is 2.87. The van der Waals surface area contributed by atoms with E-state index in [9.17, 15) is 5.11 Å². The number of hydrogen-bond donors (Lipinski definition) is 2. The molecule has 0 radical (unpaired) electrons. The number of hydrogen-bond acceptors (Lipinski definition) is 2. The first kappa shape index (κ1) is 10.4. The van der Waals surface area contributed by atoms with Gasteiger partial charge in [0, 0.05) is 12.1 Å². The highest BCUT2D eigenvalue weighted by Crippen LogP contribution is 2.34. The molecule has 0 heterocycles. The zero-order chi connectivity index (χ0) is 10.1. The Kier molecular flexibility index (Phi) is 3.13. The molecule has 0 spiro atoms. The van der Waals surface area contributed by atoms with Crippen molar-refractivity contribution >= 4 is 0 Å². The third-order valence-corrected chi connectivity index (χ3v) is 4.25. The molecule has 2 nitrogen and oxygen atoms in total. The van der Waals surface area contributed by atoms with Gasteiger partial charge in [-0.15, -0.1) is 0 Å². The summed E-state index contributed by atoms with van der Waals surface area (Å²) < 4.78 is 0. The molecule has 5 unspecified atom stereocenters. The predicted molar refractivity (Wildman–Crippen MR) is 58.1 cm³/mol. The summed E-state index contributed by atoms with van der Waals surface area (Å²) in [6.45, 7) is 4.67. The minimum absolute atomic E-state index is 0.0472. The van der Waals surface area contributed by atoms with Crippen LogP contribution in [0.5, 0.6) is 0 Å². The Labute approximate surface area is 87.1 Å². The van der Waals surface area contributed by atoms with Gasteiger partial charge in [-0.3, -0.25) is 0 Å². The number of aliphatic hydroxyl groups excluding tert-OH is 1. The van der Waals surface area contributed by atoms with Crippen LogP contribution in [0.4, 0.5) is 0 Å². The summed E-state index contributed by atoms with van der Waals surface area (Å²) in [7, 11) is 0. The molecule has 2 saturated carbocycles. The molecular weight excluding hydrogens is 174 g/mol. The highest BCUT2D eigenvalue weighted by atomic mass is 16.3. The third-order valence-electron chi connectivity index (χ3n) is 4.25. The smallest absolute Gasteiger partial charge is 0.0555 e. The topological polar surface area (TPSA) is 32.3 Å². The Bertz CT molecular complexity index is 195. The second-order valence-electron chi connectivity index (χ2n) is 5.36. The van der Waals surface area contributed by atoms with Gasteiger partial charge in [0.25, 0.3) is 0 Å². The van der Waals surface area contributed by atoms with Crippen molar-refractivity contribution in [3.8, 4) is 0 Å². The molecule has 2 N–H and O–H groups in total. The van der Waals surface area contributed by atoms with E-state index in [4.69, 9.17) is 0 Å². The first-order valence-electron chi connectivity index (χ1n) is 6.11. The molecule has 2 rings (SSSR count). The summed E-state index contributed by atoms with van der Waals surface area (Å²) in [5, 5.41) is 13.3. The van der Waals surface area contributed by atoms with Gasteiger partial charge in [0.1, 0.15) is 0 Å². The molecule has 2 fully saturated rings. The van der Waals surface area contributed by atoms with Crippen molar-refractivity contribution in [2.75, 3.05) is 0 Å². The number of aliphatic hydroxyl groups is 1. The fourth-order valence-electron chi connectivity index (χ4n) is 2.87. The third kappa shape index (κ3) is 2.12. The highest BCUT2D eigenvalue weighted by molar-refractivity contribution is 4.92. The van der Waals surface area contributed by atoms with Gasteiger partial charge < -0.3 is 10.4 Å². The van der Waals surface area contributed by atoms with E-state index in [1.54, 1.807) is 0 Å². The molecule has 14 heavy (non-hydrogen) atoms. The molecular formula is C12H23NO. The van der Waals surface area contributed by atoms with E-state index < -0.39 is 0 Å². The lowest BCUT2D eigenvalue weighted by Gasteiger charge is -2.44. The maximum Gasteiger partial charge on any atom is 0.0555 e. The largest absolute Gasteiger partial charge is 0.393 e. The van der Waals surface area contributed by atoms with E-state index in [-0.39, 0.29) is 6.10 Å². The van der Waals surface area contributed by atoms with Crippen molar-refractivity contribution in [3.63, 3.8) is 0 Å². The van der Waals surface area contributed by atoms with E-state index in [1.165, 1.54) is 19.3 Å². The van der Waals surface area contributed by atoms with Gasteiger partial charge in [-0.1, -0.05) is 13.8 Å². The van der Waals surface area contributed by atoms with Gasteiger partial charge in [-0.2, -0.15) is 0 Å². The van der Waals surface area contributed by atoms with Crippen LogP contribution in [0, 0.1) is 11.8 Å². The SMILES string of the molecule is CC1CC(NC2CCCC(O)C2)C1C. The van der Waals surface area contributed by atoms with Crippen molar-refractivity contribution < 1.29 is 5.11 Å². The molecule has 2 aliphatic carbocycles. The normalized spacial score (nSPS) is 48.6. The van der Waals surface area contributed by atoms with Crippen LogP contribution in [0.1, 0.15) is 46.0 Å². The molecule has 5 atom stereocenters. The van der Waals surface area contributed by atoms with Gasteiger partial charge in [0.15, 0.2) is 0 Å². The lowest BCUT2D eigenvalue weighted by Crippen LogP contribution is -2.53. The average molecular weight is 197 g/mol. The standard InChI is InChI=1S/C12H23NO/c1-8-6-12(9(8)2)13-10-4-3-5-11(14)7-10/h8-14H,3-7H2,1-2H3. The minimum atomic E-state index is -0.0472. The van der Waals surface area contributed by atoms with E-state index in [1.807, 2.05) is 0 Å². The zero-order valence-electron chi connectivity index (χ0n) is 9.37. The van der Waals surface area contributed by atoms with E-state index in [2.05, 4.69) is 19.2 Å². The minimum Gasteiger partial charge on any atom is -0.393 e. The van der Waals surface area contributed by atoms with Crippen LogP contribution in [0.2, 0.25) is 0 Å². The van der Waals surface area contributed by atoms with Crippen molar-refractivity contribution in [2.24, 2.45) is 11.8 Å². The second-order valence-corrected chi connectivity index (χ2v) is 5.36. The van der Waals surface area contributed by atoms with E-state index in [0.717, 1.165) is 30.7 Å². The highest BCUT2D eigenvalue weighted by Gasteiger charge is 2.35. The van der Waals surface area contributed by atoms with Crippen LogP contribution < -0.4 is 5.32 Å². The summed E-state index contributed by atoms with van der Waals surface area (Å²) in [6.07, 6.45) is 5.71. The Morgan fingerprint density at radius 1 is 1.14 bits per heavy atom. The molecule has 0 aromatic carbocycles. The number of nitrogens with one attached hydrogen (secondary N) is 1. The molecule has 0 aliphatic heterocycles. The van der Waals surface area contributed by atoms with Crippen LogP contribution in [-0.4, -0.2) is 23.3 Å². The Morgan fingerprint density at radius 2 is 1.93 bits per heavy atom. The first-order valence-corrected chi connectivity index (χ1v) is 6.11. The summed E-state index contributed by atoms with van der Waals surface area (Å²) in [4.78, 5) is 0. The van der Waals surface area contributed by atoms with Gasteiger partial charge in [0.2, 0.25) is 0 Å². The van der Waals surface area contributed by atoms with Crippen LogP contribution in [0.3, 0.4) is 0 Å². The summed E-state index contributed by atoms with van der Waals surface area (Å²) in [5.41, 5.74) is 0. The summed E-state index contributed by atoms with van der Waals surface area (Å²) >= 11 is 0. The van der Waals surface area contributed by atoms with E-state index >= 15 is 0 Å². The van der Waals surface area contributed by atoms with Crippen LogP contribution >= 0.6 is 0 Å². The quantitative estimate of drug-likeness (QED) is 0.709. The lowest BCUT2D eigenvalue weighted by atomic mass is 9.71. The molecule has 0 bridgehead atoms. The Hall–Kier alpha value is -0.0800. The molecule has 0 saturated heterocycles. The molecule has 0 aromatic heterocycles. The second kappa shape index (κ2) is 4.19. The molecule has 0 aromatic rings. The monoisotopic (exact) mass is 197 g/mol. The van der Waals surface area contributed by atoms with Crippen molar-refractivity contribution in [1.82, 2.24) is 5.32 Å². The number of rotatable bonds is 2. The van der Waals surface area contributed by atoms with Gasteiger partial charge in [-0.25, -0.2) is 0 Å². The van der Waals surface area contributed by atoms with Gasteiger partial charge >= 0.3 is 0 Å². The molecule has 2 aliphatic rings. The molecule has 2 heteroatoms. The fraction of sp³-hybridized carbons (Fsp3) is 1.00. The predicted octanol–water partition coefficient (Wildman–Crippen LogP) is 1.92. The zero-order valence-corrected chi connectivity index (χ0v) is 9.37. The first-order chi connectivity index (χ1) is 6.66. The van der Waals surface area contributed by atoms with Crippen molar-refractivity contribution in [2.45, 2.75) is 64.1 Å². The van der Waals surface area contributed by atoms with Gasteiger partial charge in [0.05, 0.1) is 6.10 Å². The van der Waals surface area contributed by atoms with Crippen LogP contribution in [0.25, 0.3) is 0 Å². The average Bonchev–Trinajstić information content (AvgIpc) is 2.17.